The summed E-state index contributed by atoms with van der Waals surface area (Å²) in [4.78, 5) is 10.4. The Hall–Kier alpha value is -2.41. The Morgan fingerprint density at radius 1 is 1.50 bits per heavy atom. The average Bonchev–Trinajstić information content (AvgIpc) is 2.83. The highest BCUT2D eigenvalue weighted by atomic mass is 16.6. The van der Waals surface area contributed by atoms with Crippen LogP contribution in [0.15, 0.2) is 30.6 Å². The fraction of sp³-hybridized carbons (Fsp3) is 0.308. The lowest BCUT2D eigenvalue weighted by Crippen LogP contribution is -2.08. The highest BCUT2D eigenvalue weighted by Crippen LogP contribution is 2.25. The second-order valence-electron chi connectivity index (χ2n) is 4.39. The molecule has 1 aromatic heterocycles. The molecule has 0 amide bonds. The Balaban J connectivity index is 2.15. The smallest absolute Gasteiger partial charge is 0.270 e. The van der Waals surface area contributed by atoms with Gasteiger partial charge >= 0.3 is 0 Å². The van der Waals surface area contributed by atoms with Gasteiger partial charge in [-0.2, -0.15) is 5.10 Å². The van der Waals surface area contributed by atoms with E-state index in [-0.39, 0.29) is 5.69 Å². The van der Waals surface area contributed by atoms with Crippen molar-refractivity contribution in [2.75, 3.05) is 7.05 Å². The van der Waals surface area contributed by atoms with Gasteiger partial charge in [-0.05, 0) is 13.1 Å². The highest BCUT2D eigenvalue weighted by molar-refractivity contribution is 5.43. The fourth-order valence-corrected chi connectivity index (χ4v) is 1.86. The first kappa shape index (κ1) is 14.0. The summed E-state index contributed by atoms with van der Waals surface area (Å²) in [6.07, 6.45) is 3.59. The summed E-state index contributed by atoms with van der Waals surface area (Å²) in [6.45, 7) is 0.881. The van der Waals surface area contributed by atoms with Crippen LogP contribution >= 0.6 is 0 Å². The number of ether oxygens (including phenoxy) is 1. The van der Waals surface area contributed by atoms with Crippen LogP contribution < -0.4 is 10.1 Å². The maximum Gasteiger partial charge on any atom is 0.270 e. The van der Waals surface area contributed by atoms with Gasteiger partial charge in [0.25, 0.3) is 5.69 Å². The van der Waals surface area contributed by atoms with E-state index in [1.165, 1.54) is 12.1 Å². The van der Waals surface area contributed by atoms with Crippen molar-refractivity contribution in [1.82, 2.24) is 15.1 Å². The molecule has 1 aromatic carbocycles. The van der Waals surface area contributed by atoms with Crippen molar-refractivity contribution in [2.24, 2.45) is 7.05 Å². The predicted octanol–water partition coefficient (Wildman–Crippen LogP) is 1.63. The van der Waals surface area contributed by atoms with Crippen LogP contribution in [0.25, 0.3) is 0 Å². The molecule has 0 saturated heterocycles. The number of nitro benzene ring substituents is 1. The summed E-state index contributed by atoms with van der Waals surface area (Å²) in [6, 6.07) is 4.59. The number of aryl methyl sites for hydroxylation is 1. The van der Waals surface area contributed by atoms with E-state index in [4.69, 9.17) is 4.74 Å². The zero-order valence-electron chi connectivity index (χ0n) is 11.4. The zero-order chi connectivity index (χ0) is 14.5. The standard InChI is InChI=1S/C13H16N4O3/c1-14-7-11-5-12(17(18)19)3-4-13(11)20-9-10-6-15-16(2)8-10/h3-6,8,14H,7,9H2,1-2H3. The topological polar surface area (TPSA) is 82.2 Å². The highest BCUT2D eigenvalue weighted by Gasteiger charge is 2.11. The Bertz CT molecular complexity index is 609. The number of rotatable bonds is 6. The molecule has 0 aliphatic rings. The summed E-state index contributed by atoms with van der Waals surface area (Å²) in [5.41, 5.74) is 1.76. The van der Waals surface area contributed by atoms with Gasteiger partial charge in [0, 0.05) is 43.0 Å². The molecule has 20 heavy (non-hydrogen) atoms. The van der Waals surface area contributed by atoms with Gasteiger partial charge < -0.3 is 10.1 Å². The van der Waals surface area contributed by atoms with Crippen LogP contribution in [-0.2, 0) is 20.2 Å². The van der Waals surface area contributed by atoms with E-state index in [2.05, 4.69) is 10.4 Å². The van der Waals surface area contributed by atoms with E-state index >= 15 is 0 Å². The summed E-state index contributed by atoms with van der Waals surface area (Å²) < 4.78 is 7.41. The molecule has 0 aliphatic carbocycles. The predicted molar refractivity (Wildman–Crippen MR) is 73.4 cm³/mol. The first-order valence-corrected chi connectivity index (χ1v) is 6.12. The quantitative estimate of drug-likeness (QED) is 0.640. The van der Waals surface area contributed by atoms with Crippen LogP contribution in [-0.4, -0.2) is 21.8 Å². The van der Waals surface area contributed by atoms with Crippen molar-refractivity contribution in [3.05, 3.63) is 51.8 Å². The molecular weight excluding hydrogens is 260 g/mol. The second kappa shape index (κ2) is 6.16. The minimum absolute atomic E-state index is 0.0592. The molecule has 0 saturated carbocycles. The Labute approximate surface area is 116 Å². The Morgan fingerprint density at radius 2 is 2.30 bits per heavy atom. The molecule has 106 valence electrons. The number of nitrogens with zero attached hydrogens (tertiary/aromatic N) is 3. The van der Waals surface area contributed by atoms with Crippen LogP contribution in [0.3, 0.4) is 0 Å². The van der Waals surface area contributed by atoms with Gasteiger partial charge in [0.15, 0.2) is 0 Å². The molecule has 2 rings (SSSR count). The first-order valence-electron chi connectivity index (χ1n) is 6.12. The van der Waals surface area contributed by atoms with Crippen LogP contribution in [0.5, 0.6) is 5.75 Å². The van der Waals surface area contributed by atoms with Crippen LogP contribution in [0.4, 0.5) is 5.69 Å². The van der Waals surface area contributed by atoms with Crippen LogP contribution in [0.1, 0.15) is 11.1 Å². The van der Waals surface area contributed by atoms with E-state index < -0.39 is 4.92 Å². The molecule has 0 unspecified atom stereocenters. The minimum Gasteiger partial charge on any atom is -0.488 e. The molecule has 1 heterocycles. The summed E-state index contributed by atoms with van der Waals surface area (Å²) in [7, 11) is 3.62. The molecule has 0 radical (unpaired) electrons. The van der Waals surface area contributed by atoms with Crippen molar-refractivity contribution >= 4 is 5.69 Å². The van der Waals surface area contributed by atoms with Crippen molar-refractivity contribution in [3.8, 4) is 5.75 Å². The number of non-ortho nitro benzene ring substituents is 1. The fourth-order valence-electron chi connectivity index (χ4n) is 1.86. The summed E-state index contributed by atoms with van der Waals surface area (Å²) in [5.74, 6) is 0.633. The third kappa shape index (κ3) is 3.33. The molecule has 0 spiro atoms. The Kier molecular flexibility index (Phi) is 4.31. The molecule has 7 heteroatoms. The lowest BCUT2D eigenvalue weighted by molar-refractivity contribution is -0.384. The van der Waals surface area contributed by atoms with Crippen molar-refractivity contribution in [2.45, 2.75) is 13.2 Å². The molecular formula is C13H16N4O3. The van der Waals surface area contributed by atoms with E-state index in [0.29, 0.717) is 18.9 Å². The lowest BCUT2D eigenvalue weighted by atomic mass is 10.1. The first-order chi connectivity index (χ1) is 9.60. The maximum absolute atomic E-state index is 10.8. The molecule has 0 aliphatic heterocycles. The van der Waals surface area contributed by atoms with Crippen molar-refractivity contribution in [3.63, 3.8) is 0 Å². The van der Waals surface area contributed by atoms with Gasteiger partial charge in [-0.3, -0.25) is 14.8 Å². The number of aromatic nitrogens is 2. The number of nitrogens with one attached hydrogen (secondary N) is 1. The normalized spacial score (nSPS) is 10.5. The number of nitro groups is 1. The van der Waals surface area contributed by atoms with Gasteiger partial charge in [-0.25, -0.2) is 0 Å². The zero-order valence-corrected chi connectivity index (χ0v) is 11.4. The molecule has 0 fully saturated rings. The number of hydrogen-bond acceptors (Lipinski definition) is 5. The van der Waals surface area contributed by atoms with E-state index in [0.717, 1.165) is 11.1 Å². The van der Waals surface area contributed by atoms with Gasteiger partial charge in [0.05, 0.1) is 11.1 Å². The third-order valence-electron chi connectivity index (χ3n) is 2.77. The summed E-state index contributed by atoms with van der Waals surface area (Å²) in [5, 5.41) is 17.8. The molecule has 2 aromatic rings. The minimum atomic E-state index is -0.413. The van der Waals surface area contributed by atoms with Gasteiger partial charge in [0.1, 0.15) is 12.4 Å². The van der Waals surface area contributed by atoms with Crippen LogP contribution in [0, 0.1) is 10.1 Å². The van der Waals surface area contributed by atoms with E-state index in [1.54, 1.807) is 24.0 Å². The Morgan fingerprint density at radius 3 is 2.90 bits per heavy atom. The van der Waals surface area contributed by atoms with Crippen LogP contribution in [0.2, 0.25) is 0 Å². The van der Waals surface area contributed by atoms with Gasteiger partial charge in [-0.1, -0.05) is 0 Å². The number of benzene rings is 1. The van der Waals surface area contributed by atoms with Crippen molar-refractivity contribution in [1.29, 1.82) is 0 Å². The van der Waals surface area contributed by atoms with E-state index in [1.807, 2.05) is 13.2 Å². The maximum atomic E-state index is 10.8. The SMILES string of the molecule is CNCc1cc([N+](=O)[O-])ccc1OCc1cnn(C)c1. The molecule has 1 N–H and O–H groups in total. The monoisotopic (exact) mass is 276 g/mol. The second-order valence-corrected chi connectivity index (χ2v) is 4.39. The largest absolute Gasteiger partial charge is 0.488 e. The molecule has 0 atom stereocenters. The van der Waals surface area contributed by atoms with Gasteiger partial charge in [0.2, 0.25) is 0 Å². The van der Waals surface area contributed by atoms with Crippen molar-refractivity contribution < 1.29 is 9.66 Å². The van der Waals surface area contributed by atoms with E-state index in [9.17, 15) is 10.1 Å². The third-order valence-corrected chi connectivity index (χ3v) is 2.77. The average molecular weight is 276 g/mol. The molecule has 7 nitrogen and oxygen atoms in total. The number of hydrogen-bond donors (Lipinski definition) is 1. The molecule has 0 bridgehead atoms. The lowest BCUT2D eigenvalue weighted by Gasteiger charge is -2.10. The van der Waals surface area contributed by atoms with Gasteiger partial charge in [-0.15, -0.1) is 0 Å². The summed E-state index contributed by atoms with van der Waals surface area (Å²) >= 11 is 0.